The normalized spacial score (nSPS) is 25.6. The van der Waals surface area contributed by atoms with E-state index in [0.29, 0.717) is 25.8 Å². The van der Waals surface area contributed by atoms with Gasteiger partial charge in [0.25, 0.3) is 0 Å². The van der Waals surface area contributed by atoms with Crippen molar-refractivity contribution in [2.75, 3.05) is 32.1 Å². The van der Waals surface area contributed by atoms with Crippen LogP contribution in [0.1, 0.15) is 39.0 Å². The second-order valence-electron chi connectivity index (χ2n) is 5.46. The van der Waals surface area contributed by atoms with Crippen molar-refractivity contribution in [3.8, 4) is 0 Å². The van der Waals surface area contributed by atoms with Gasteiger partial charge in [0.1, 0.15) is 0 Å². The van der Waals surface area contributed by atoms with Gasteiger partial charge >= 0.3 is 0 Å². The van der Waals surface area contributed by atoms with Crippen LogP contribution in [-0.2, 0) is 14.8 Å². The molecule has 0 amide bonds. The second-order valence-corrected chi connectivity index (χ2v) is 7.50. The summed E-state index contributed by atoms with van der Waals surface area (Å²) < 4.78 is 31.6. The minimum Gasteiger partial charge on any atom is -0.381 e. The van der Waals surface area contributed by atoms with Crippen molar-refractivity contribution in [3.05, 3.63) is 0 Å². The van der Waals surface area contributed by atoms with E-state index in [1.54, 1.807) is 4.31 Å². The van der Waals surface area contributed by atoms with Crippen LogP contribution in [0.5, 0.6) is 0 Å². The highest BCUT2D eigenvalue weighted by Crippen LogP contribution is 2.23. The molecule has 1 aliphatic carbocycles. The van der Waals surface area contributed by atoms with E-state index in [9.17, 15) is 8.42 Å². The van der Waals surface area contributed by atoms with Crippen LogP contribution in [0.4, 0.5) is 0 Å². The van der Waals surface area contributed by atoms with Gasteiger partial charge in [-0.25, -0.2) is 8.42 Å². The van der Waals surface area contributed by atoms with E-state index in [1.807, 2.05) is 6.92 Å². The molecule has 6 heteroatoms. The van der Waals surface area contributed by atoms with Crippen molar-refractivity contribution in [2.24, 2.45) is 0 Å². The van der Waals surface area contributed by atoms with Crippen molar-refractivity contribution in [3.63, 3.8) is 0 Å². The summed E-state index contributed by atoms with van der Waals surface area (Å²) in [5, 5.41) is 3.46. The van der Waals surface area contributed by atoms with Crippen LogP contribution in [0.25, 0.3) is 0 Å². The Balaban J connectivity index is 1.88. The molecule has 1 unspecified atom stereocenters. The van der Waals surface area contributed by atoms with Crippen LogP contribution >= 0.6 is 0 Å². The standard InChI is InChI=1S/C13H26N2O3S/c1-2-18-9-10-19(16,17)15-8-4-3-5-13(15)11-14-12-6-7-12/h12-14H,2-11H2,1H3. The molecule has 2 fully saturated rings. The first-order chi connectivity index (χ1) is 9.13. The van der Waals surface area contributed by atoms with Gasteiger partial charge in [0.05, 0.1) is 12.4 Å². The zero-order chi connectivity index (χ0) is 13.7. The number of sulfonamides is 1. The van der Waals surface area contributed by atoms with Gasteiger partial charge in [-0.1, -0.05) is 6.42 Å². The number of rotatable bonds is 8. The predicted molar refractivity (Wildman–Crippen MR) is 75.6 cm³/mol. The number of hydrogen-bond donors (Lipinski definition) is 1. The fraction of sp³-hybridized carbons (Fsp3) is 1.00. The molecule has 0 spiro atoms. The fourth-order valence-corrected chi connectivity index (χ4v) is 4.16. The molecule has 0 radical (unpaired) electrons. The highest BCUT2D eigenvalue weighted by atomic mass is 32.2. The summed E-state index contributed by atoms with van der Waals surface area (Å²) in [7, 11) is -3.16. The molecule has 1 saturated carbocycles. The van der Waals surface area contributed by atoms with Crippen LogP contribution in [0.2, 0.25) is 0 Å². The molecule has 1 atom stereocenters. The maximum atomic E-state index is 12.3. The Morgan fingerprint density at radius 1 is 1.26 bits per heavy atom. The molecule has 1 aliphatic heterocycles. The molecule has 0 aromatic rings. The van der Waals surface area contributed by atoms with Crippen molar-refractivity contribution < 1.29 is 13.2 Å². The van der Waals surface area contributed by atoms with Gasteiger partial charge in [-0.05, 0) is 32.6 Å². The third-order valence-corrected chi connectivity index (χ3v) is 5.72. The average molecular weight is 290 g/mol. The second kappa shape index (κ2) is 7.02. The van der Waals surface area contributed by atoms with Crippen LogP contribution in [0, 0.1) is 0 Å². The molecule has 0 bridgehead atoms. The molecule has 0 aromatic heterocycles. The van der Waals surface area contributed by atoms with E-state index in [4.69, 9.17) is 4.74 Å². The molecule has 112 valence electrons. The molecule has 1 N–H and O–H groups in total. The highest BCUT2D eigenvalue weighted by molar-refractivity contribution is 7.89. The van der Waals surface area contributed by atoms with Crippen LogP contribution < -0.4 is 5.32 Å². The van der Waals surface area contributed by atoms with Crippen LogP contribution in [-0.4, -0.2) is 56.9 Å². The van der Waals surface area contributed by atoms with E-state index in [-0.39, 0.29) is 11.8 Å². The summed E-state index contributed by atoms with van der Waals surface area (Å²) in [6, 6.07) is 0.774. The Kier molecular flexibility index (Phi) is 5.62. The fourth-order valence-electron chi connectivity index (χ4n) is 2.56. The van der Waals surface area contributed by atoms with Crippen molar-refractivity contribution in [1.82, 2.24) is 9.62 Å². The zero-order valence-corrected chi connectivity index (χ0v) is 12.6. The first-order valence-electron chi connectivity index (χ1n) is 7.44. The number of piperidine rings is 1. The van der Waals surface area contributed by atoms with Crippen LogP contribution in [0.3, 0.4) is 0 Å². The Morgan fingerprint density at radius 2 is 2.05 bits per heavy atom. The molecule has 19 heavy (non-hydrogen) atoms. The first-order valence-corrected chi connectivity index (χ1v) is 9.05. The van der Waals surface area contributed by atoms with Crippen molar-refractivity contribution in [2.45, 2.75) is 51.1 Å². The molecule has 1 saturated heterocycles. The van der Waals surface area contributed by atoms with Gasteiger partial charge in [0.15, 0.2) is 0 Å². The zero-order valence-electron chi connectivity index (χ0n) is 11.8. The molecule has 5 nitrogen and oxygen atoms in total. The maximum absolute atomic E-state index is 12.3. The minimum atomic E-state index is -3.16. The van der Waals surface area contributed by atoms with Crippen molar-refractivity contribution in [1.29, 1.82) is 0 Å². The SMILES string of the molecule is CCOCCS(=O)(=O)N1CCCCC1CNC1CC1. The Morgan fingerprint density at radius 3 is 2.74 bits per heavy atom. The molecular formula is C13H26N2O3S. The Hall–Kier alpha value is -0.170. The third-order valence-electron chi connectivity index (χ3n) is 3.84. The summed E-state index contributed by atoms with van der Waals surface area (Å²) in [4.78, 5) is 0. The average Bonchev–Trinajstić information content (AvgIpc) is 3.21. The molecule has 2 rings (SSSR count). The summed E-state index contributed by atoms with van der Waals surface area (Å²) in [6.07, 6.45) is 5.57. The topological polar surface area (TPSA) is 58.6 Å². The summed E-state index contributed by atoms with van der Waals surface area (Å²) >= 11 is 0. The lowest BCUT2D eigenvalue weighted by Crippen LogP contribution is -2.49. The van der Waals surface area contributed by atoms with Gasteiger partial charge in [0.2, 0.25) is 10.0 Å². The van der Waals surface area contributed by atoms with E-state index in [2.05, 4.69) is 5.32 Å². The molecule has 1 heterocycles. The largest absolute Gasteiger partial charge is 0.381 e. The number of nitrogens with zero attached hydrogens (tertiary/aromatic N) is 1. The van der Waals surface area contributed by atoms with Gasteiger partial charge in [-0.3, -0.25) is 0 Å². The van der Waals surface area contributed by atoms with E-state index in [1.165, 1.54) is 12.8 Å². The number of nitrogens with one attached hydrogen (secondary N) is 1. The summed E-state index contributed by atoms with van der Waals surface area (Å²) in [5.74, 6) is 0.112. The van der Waals surface area contributed by atoms with Gasteiger partial charge in [0, 0.05) is 31.8 Å². The number of ether oxygens (including phenoxy) is 1. The quantitative estimate of drug-likeness (QED) is 0.677. The monoisotopic (exact) mass is 290 g/mol. The Bertz CT molecular complexity index is 368. The summed E-state index contributed by atoms with van der Waals surface area (Å²) in [5.41, 5.74) is 0. The minimum absolute atomic E-state index is 0.112. The van der Waals surface area contributed by atoms with Gasteiger partial charge in [-0.2, -0.15) is 4.31 Å². The van der Waals surface area contributed by atoms with Crippen molar-refractivity contribution >= 4 is 10.0 Å². The van der Waals surface area contributed by atoms with E-state index < -0.39 is 10.0 Å². The van der Waals surface area contributed by atoms with E-state index in [0.717, 1.165) is 25.8 Å². The maximum Gasteiger partial charge on any atom is 0.216 e. The molecule has 0 aromatic carbocycles. The lowest BCUT2D eigenvalue weighted by molar-refractivity contribution is 0.161. The third kappa shape index (κ3) is 4.70. The van der Waals surface area contributed by atoms with E-state index >= 15 is 0 Å². The predicted octanol–water partition coefficient (Wildman–Crippen LogP) is 0.959. The van der Waals surface area contributed by atoms with Gasteiger partial charge < -0.3 is 10.1 Å². The van der Waals surface area contributed by atoms with Crippen LogP contribution in [0.15, 0.2) is 0 Å². The first kappa shape index (κ1) is 15.2. The highest BCUT2D eigenvalue weighted by Gasteiger charge is 2.33. The molecule has 2 aliphatic rings. The smallest absolute Gasteiger partial charge is 0.216 e. The van der Waals surface area contributed by atoms with Gasteiger partial charge in [-0.15, -0.1) is 0 Å². The lowest BCUT2D eigenvalue weighted by atomic mass is 10.1. The lowest BCUT2D eigenvalue weighted by Gasteiger charge is -2.35. The summed E-state index contributed by atoms with van der Waals surface area (Å²) in [6.45, 7) is 4.24. The molecular weight excluding hydrogens is 264 g/mol. The Labute approximate surface area is 116 Å². The number of hydrogen-bond acceptors (Lipinski definition) is 4.